The Labute approximate surface area is 99.4 Å². The van der Waals surface area contributed by atoms with Crippen molar-refractivity contribution in [2.24, 2.45) is 0 Å². The van der Waals surface area contributed by atoms with Gasteiger partial charge in [-0.15, -0.1) is 0 Å². The zero-order valence-electron chi connectivity index (χ0n) is 9.87. The Balaban J connectivity index is 2.49. The maximum absolute atomic E-state index is 12.9. The van der Waals surface area contributed by atoms with Crippen molar-refractivity contribution in [3.8, 4) is 5.75 Å². The lowest BCUT2D eigenvalue weighted by Crippen LogP contribution is -2.28. The summed E-state index contributed by atoms with van der Waals surface area (Å²) in [6.07, 6.45) is 0.229. The van der Waals surface area contributed by atoms with E-state index in [1.165, 1.54) is 25.3 Å². The van der Waals surface area contributed by atoms with E-state index in [1.807, 2.05) is 6.92 Å². The van der Waals surface area contributed by atoms with Gasteiger partial charge in [0, 0.05) is 18.2 Å². The second-order valence-corrected chi connectivity index (χ2v) is 3.84. The lowest BCUT2D eigenvalue weighted by Gasteiger charge is -2.13. The minimum atomic E-state index is -0.403. The van der Waals surface area contributed by atoms with E-state index in [0.717, 1.165) is 0 Å². The summed E-state index contributed by atoms with van der Waals surface area (Å²) in [4.78, 5) is 11.0. The van der Waals surface area contributed by atoms with Crippen LogP contribution >= 0.6 is 0 Å². The summed E-state index contributed by atoms with van der Waals surface area (Å²) in [6, 6.07) is 3.64. The molecule has 0 aromatic heterocycles. The first-order chi connectivity index (χ1) is 8.02. The minimum absolute atomic E-state index is 0.0316. The summed E-state index contributed by atoms with van der Waals surface area (Å²) in [5.41, 5.74) is 0.460. The number of carbonyl (C=O) groups excluding carboxylic acids is 1. The van der Waals surface area contributed by atoms with Crippen LogP contribution in [-0.2, 0) is 16.1 Å². The molecule has 0 fully saturated rings. The number of carbonyl (C=O) groups is 1. The molecular weight excluding hydrogens is 225 g/mol. The first-order valence-corrected chi connectivity index (χ1v) is 5.30. The Morgan fingerprint density at radius 1 is 1.59 bits per heavy atom. The van der Waals surface area contributed by atoms with Gasteiger partial charge in [-0.25, -0.2) is 4.39 Å². The number of hydrogen-bond acceptors (Lipinski definition) is 4. The molecule has 94 valence electrons. The third-order valence-electron chi connectivity index (χ3n) is 2.38. The summed E-state index contributed by atoms with van der Waals surface area (Å²) in [5, 5.41) is 12.5. The first kappa shape index (κ1) is 13.4. The van der Waals surface area contributed by atoms with Gasteiger partial charge in [0.2, 0.25) is 0 Å². The molecule has 0 bridgehead atoms. The fourth-order valence-electron chi connectivity index (χ4n) is 1.39. The van der Waals surface area contributed by atoms with Crippen molar-refractivity contribution in [3.05, 3.63) is 29.6 Å². The van der Waals surface area contributed by atoms with E-state index in [1.54, 1.807) is 0 Å². The van der Waals surface area contributed by atoms with Gasteiger partial charge < -0.3 is 15.2 Å². The van der Waals surface area contributed by atoms with Gasteiger partial charge in [-0.1, -0.05) is 0 Å². The van der Waals surface area contributed by atoms with Gasteiger partial charge in [0.15, 0.2) is 0 Å². The number of phenols is 1. The molecular formula is C12H16FNO3. The fourth-order valence-corrected chi connectivity index (χ4v) is 1.39. The third-order valence-corrected chi connectivity index (χ3v) is 2.38. The van der Waals surface area contributed by atoms with E-state index in [2.05, 4.69) is 10.1 Å². The smallest absolute Gasteiger partial charge is 0.307 e. The Morgan fingerprint density at radius 3 is 2.94 bits per heavy atom. The summed E-state index contributed by atoms with van der Waals surface area (Å²) >= 11 is 0. The maximum Gasteiger partial charge on any atom is 0.307 e. The molecule has 0 saturated carbocycles. The largest absolute Gasteiger partial charge is 0.508 e. The molecule has 0 aliphatic carbocycles. The minimum Gasteiger partial charge on any atom is -0.508 e. The van der Waals surface area contributed by atoms with Crippen LogP contribution in [-0.4, -0.2) is 24.2 Å². The van der Waals surface area contributed by atoms with E-state index in [0.29, 0.717) is 12.1 Å². The summed E-state index contributed by atoms with van der Waals surface area (Å²) in [5.74, 6) is -0.683. The van der Waals surface area contributed by atoms with Gasteiger partial charge in [-0.05, 0) is 25.1 Å². The molecule has 1 aromatic carbocycles. The average molecular weight is 241 g/mol. The lowest BCUT2D eigenvalue weighted by molar-refractivity contribution is -0.141. The number of halogens is 1. The maximum atomic E-state index is 12.9. The highest BCUT2D eigenvalue weighted by molar-refractivity contribution is 5.69. The van der Waals surface area contributed by atoms with Gasteiger partial charge in [-0.2, -0.15) is 0 Å². The highest BCUT2D eigenvalue weighted by Gasteiger charge is 2.10. The van der Waals surface area contributed by atoms with Crippen LogP contribution < -0.4 is 5.32 Å². The number of benzene rings is 1. The van der Waals surface area contributed by atoms with Gasteiger partial charge in [0.25, 0.3) is 0 Å². The van der Waals surface area contributed by atoms with Gasteiger partial charge in [-0.3, -0.25) is 4.79 Å². The van der Waals surface area contributed by atoms with Crippen molar-refractivity contribution in [1.82, 2.24) is 5.32 Å². The lowest BCUT2D eigenvalue weighted by atomic mass is 10.1. The monoisotopic (exact) mass is 241 g/mol. The fraction of sp³-hybridized carbons (Fsp3) is 0.417. The third kappa shape index (κ3) is 4.40. The Bertz CT molecular complexity index is 395. The van der Waals surface area contributed by atoms with Crippen LogP contribution in [0.1, 0.15) is 18.9 Å². The van der Waals surface area contributed by atoms with Crippen LogP contribution in [0.25, 0.3) is 0 Å². The summed E-state index contributed by atoms with van der Waals surface area (Å²) in [7, 11) is 1.33. The topological polar surface area (TPSA) is 58.6 Å². The van der Waals surface area contributed by atoms with Crippen molar-refractivity contribution < 1.29 is 19.0 Å². The first-order valence-electron chi connectivity index (χ1n) is 5.30. The normalized spacial score (nSPS) is 12.2. The number of rotatable bonds is 5. The summed E-state index contributed by atoms with van der Waals surface area (Å²) in [6.45, 7) is 2.11. The predicted molar refractivity (Wildman–Crippen MR) is 61.0 cm³/mol. The molecule has 1 atom stereocenters. The molecule has 5 heteroatoms. The van der Waals surface area contributed by atoms with E-state index >= 15 is 0 Å². The molecule has 17 heavy (non-hydrogen) atoms. The van der Waals surface area contributed by atoms with Crippen LogP contribution in [0.5, 0.6) is 5.75 Å². The van der Waals surface area contributed by atoms with Gasteiger partial charge in [0.1, 0.15) is 11.6 Å². The van der Waals surface area contributed by atoms with Crippen LogP contribution in [0.2, 0.25) is 0 Å². The molecule has 1 unspecified atom stereocenters. The van der Waals surface area contributed by atoms with E-state index in [-0.39, 0.29) is 24.2 Å². The zero-order chi connectivity index (χ0) is 12.8. The number of aromatic hydroxyl groups is 1. The van der Waals surface area contributed by atoms with Gasteiger partial charge in [0.05, 0.1) is 13.5 Å². The number of ether oxygens (including phenoxy) is 1. The van der Waals surface area contributed by atoms with Gasteiger partial charge >= 0.3 is 5.97 Å². The number of hydrogen-bond donors (Lipinski definition) is 2. The highest BCUT2D eigenvalue weighted by atomic mass is 19.1. The van der Waals surface area contributed by atoms with Crippen LogP contribution in [0.4, 0.5) is 4.39 Å². The van der Waals surface area contributed by atoms with Crippen molar-refractivity contribution >= 4 is 5.97 Å². The van der Waals surface area contributed by atoms with Crippen molar-refractivity contribution in [1.29, 1.82) is 0 Å². The van der Waals surface area contributed by atoms with Crippen molar-refractivity contribution in [2.45, 2.75) is 25.9 Å². The molecule has 0 amide bonds. The molecule has 0 aliphatic heterocycles. The standard InChI is InChI=1S/C12H16FNO3/c1-8(5-12(16)17-2)14-7-9-6-10(13)3-4-11(9)15/h3-4,6,8,14-15H,5,7H2,1-2H3. The molecule has 0 aliphatic rings. The molecule has 1 rings (SSSR count). The second kappa shape index (κ2) is 6.20. The number of esters is 1. The van der Waals surface area contributed by atoms with E-state index in [9.17, 15) is 14.3 Å². The molecule has 2 N–H and O–H groups in total. The highest BCUT2D eigenvalue weighted by Crippen LogP contribution is 2.17. The van der Waals surface area contributed by atoms with Crippen molar-refractivity contribution in [2.75, 3.05) is 7.11 Å². The molecule has 0 saturated heterocycles. The van der Waals surface area contributed by atoms with Crippen LogP contribution in [0, 0.1) is 5.82 Å². The SMILES string of the molecule is COC(=O)CC(C)NCc1cc(F)ccc1O. The quantitative estimate of drug-likeness (QED) is 0.768. The second-order valence-electron chi connectivity index (χ2n) is 3.84. The van der Waals surface area contributed by atoms with Crippen LogP contribution in [0.3, 0.4) is 0 Å². The molecule has 4 nitrogen and oxygen atoms in total. The molecule has 1 aromatic rings. The Hall–Kier alpha value is -1.62. The number of phenolic OH excluding ortho intramolecular Hbond substituents is 1. The van der Waals surface area contributed by atoms with E-state index in [4.69, 9.17) is 0 Å². The Kier molecular flexibility index (Phi) is 4.90. The predicted octanol–water partition coefficient (Wildman–Crippen LogP) is 1.57. The number of methoxy groups -OCH3 is 1. The average Bonchev–Trinajstić information content (AvgIpc) is 2.30. The zero-order valence-corrected chi connectivity index (χ0v) is 9.87. The Morgan fingerprint density at radius 2 is 2.29 bits per heavy atom. The molecule has 0 heterocycles. The number of nitrogens with one attached hydrogen (secondary N) is 1. The van der Waals surface area contributed by atoms with Crippen LogP contribution in [0.15, 0.2) is 18.2 Å². The summed E-state index contributed by atoms with van der Waals surface area (Å²) < 4.78 is 17.5. The van der Waals surface area contributed by atoms with E-state index < -0.39 is 5.82 Å². The molecule has 0 radical (unpaired) electrons. The van der Waals surface area contributed by atoms with Crippen molar-refractivity contribution in [3.63, 3.8) is 0 Å². The molecule has 0 spiro atoms.